The molecule has 1 fully saturated rings. The number of ether oxygens (including phenoxy) is 1. The minimum absolute atomic E-state index is 0.0389. The molecule has 1 aromatic rings. The van der Waals surface area contributed by atoms with Crippen molar-refractivity contribution in [3.8, 4) is 5.75 Å². The third-order valence-electron chi connectivity index (χ3n) is 1.98. The lowest BCUT2D eigenvalue weighted by atomic mass is 10.4. The zero-order valence-electron chi connectivity index (χ0n) is 7.88. The molecule has 1 heterocycles. The van der Waals surface area contributed by atoms with Crippen molar-refractivity contribution in [1.82, 2.24) is 4.98 Å². The van der Waals surface area contributed by atoms with E-state index in [-0.39, 0.29) is 22.6 Å². The molecule has 0 aromatic carbocycles. The minimum Gasteiger partial charge on any atom is -0.485 e. The van der Waals surface area contributed by atoms with Crippen LogP contribution < -0.4 is 15.6 Å². The van der Waals surface area contributed by atoms with Gasteiger partial charge in [0, 0.05) is 6.20 Å². The number of anilines is 1. The van der Waals surface area contributed by atoms with Crippen molar-refractivity contribution in [2.45, 2.75) is 24.0 Å². The highest BCUT2D eigenvalue weighted by molar-refractivity contribution is 7.89. The van der Waals surface area contributed by atoms with E-state index in [9.17, 15) is 8.42 Å². The molecule has 1 aromatic heterocycles. The number of rotatable bonds is 3. The van der Waals surface area contributed by atoms with Gasteiger partial charge in [-0.05, 0) is 18.9 Å². The van der Waals surface area contributed by atoms with Crippen molar-refractivity contribution in [2.75, 3.05) is 5.73 Å². The summed E-state index contributed by atoms with van der Waals surface area (Å²) in [6.45, 7) is 0. The monoisotopic (exact) mass is 229 g/mol. The SMILES string of the molecule is Nc1ccnc(S(N)(=O)=O)c1OC1CC1. The maximum absolute atomic E-state index is 11.2. The van der Waals surface area contributed by atoms with Crippen molar-refractivity contribution in [3.63, 3.8) is 0 Å². The summed E-state index contributed by atoms with van der Waals surface area (Å²) in [5.41, 5.74) is 5.85. The first-order valence-corrected chi connectivity index (χ1v) is 5.97. The van der Waals surface area contributed by atoms with Crippen LogP contribution in [-0.2, 0) is 10.0 Å². The first kappa shape index (κ1) is 10.2. The van der Waals surface area contributed by atoms with Gasteiger partial charge in [0.25, 0.3) is 10.0 Å². The van der Waals surface area contributed by atoms with Gasteiger partial charge in [-0.1, -0.05) is 0 Å². The number of aromatic nitrogens is 1. The van der Waals surface area contributed by atoms with Crippen LogP contribution in [0.25, 0.3) is 0 Å². The van der Waals surface area contributed by atoms with E-state index in [0.717, 1.165) is 12.8 Å². The molecular weight excluding hydrogens is 218 g/mol. The van der Waals surface area contributed by atoms with Gasteiger partial charge in [0.2, 0.25) is 5.03 Å². The predicted octanol–water partition coefficient (Wildman–Crippen LogP) is -0.148. The maximum atomic E-state index is 11.2. The van der Waals surface area contributed by atoms with E-state index in [4.69, 9.17) is 15.6 Å². The molecule has 2 rings (SSSR count). The molecule has 7 heteroatoms. The van der Waals surface area contributed by atoms with Crippen molar-refractivity contribution >= 4 is 15.7 Å². The highest BCUT2D eigenvalue weighted by Gasteiger charge is 2.28. The Morgan fingerprint density at radius 2 is 2.13 bits per heavy atom. The summed E-state index contributed by atoms with van der Waals surface area (Å²) in [5, 5.41) is 4.70. The normalized spacial score (nSPS) is 16.3. The maximum Gasteiger partial charge on any atom is 0.259 e. The molecule has 0 saturated heterocycles. The molecule has 6 nitrogen and oxygen atoms in total. The van der Waals surface area contributed by atoms with Gasteiger partial charge in [0.15, 0.2) is 5.75 Å². The Morgan fingerprint density at radius 1 is 1.47 bits per heavy atom. The summed E-state index contributed by atoms with van der Waals surface area (Å²) < 4.78 is 27.7. The van der Waals surface area contributed by atoms with E-state index in [0.29, 0.717) is 0 Å². The topological polar surface area (TPSA) is 108 Å². The van der Waals surface area contributed by atoms with E-state index in [1.165, 1.54) is 12.3 Å². The highest BCUT2D eigenvalue weighted by Crippen LogP contribution is 2.33. The summed E-state index contributed by atoms with van der Waals surface area (Å²) in [4.78, 5) is 3.67. The first-order chi connectivity index (χ1) is 6.98. The van der Waals surface area contributed by atoms with Crippen LogP contribution in [0.2, 0.25) is 0 Å². The first-order valence-electron chi connectivity index (χ1n) is 4.42. The zero-order valence-corrected chi connectivity index (χ0v) is 8.70. The Morgan fingerprint density at radius 3 is 2.67 bits per heavy atom. The van der Waals surface area contributed by atoms with Gasteiger partial charge in [-0.15, -0.1) is 0 Å². The predicted molar refractivity (Wildman–Crippen MR) is 53.7 cm³/mol. The molecule has 1 saturated carbocycles. The van der Waals surface area contributed by atoms with E-state index >= 15 is 0 Å². The molecule has 0 bridgehead atoms. The second kappa shape index (κ2) is 3.35. The van der Waals surface area contributed by atoms with Crippen LogP contribution in [0.5, 0.6) is 5.75 Å². The molecule has 0 spiro atoms. The van der Waals surface area contributed by atoms with Gasteiger partial charge in [0.05, 0.1) is 11.8 Å². The number of sulfonamides is 1. The van der Waals surface area contributed by atoms with Crippen molar-refractivity contribution in [3.05, 3.63) is 12.3 Å². The lowest BCUT2D eigenvalue weighted by Gasteiger charge is -2.10. The molecule has 0 unspecified atom stereocenters. The Hall–Kier alpha value is -1.34. The smallest absolute Gasteiger partial charge is 0.259 e. The van der Waals surface area contributed by atoms with Gasteiger partial charge in [-0.2, -0.15) is 0 Å². The molecule has 0 aliphatic heterocycles. The Labute approximate surface area is 87.3 Å². The molecule has 0 amide bonds. The average molecular weight is 229 g/mol. The van der Waals surface area contributed by atoms with Crippen molar-refractivity contribution in [1.29, 1.82) is 0 Å². The lowest BCUT2D eigenvalue weighted by Crippen LogP contribution is -2.17. The zero-order chi connectivity index (χ0) is 11.1. The Balaban J connectivity index is 2.47. The number of hydrogen-bond acceptors (Lipinski definition) is 5. The molecule has 4 N–H and O–H groups in total. The molecule has 1 aliphatic carbocycles. The highest BCUT2D eigenvalue weighted by atomic mass is 32.2. The third-order valence-corrected chi connectivity index (χ3v) is 2.81. The second-order valence-corrected chi connectivity index (χ2v) is 4.87. The Kier molecular flexibility index (Phi) is 2.28. The number of primary sulfonamides is 1. The number of nitrogens with two attached hydrogens (primary N) is 2. The molecular formula is C8H11N3O3S. The van der Waals surface area contributed by atoms with E-state index in [1.807, 2.05) is 0 Å². The molecule has 0 atom stereocenters. The van der Waals surface area contributed by atoms with Crippen LogP contribution in [0, 0.1) is 0 Å². The second-order valence-electron chi connectivity index (χ2n) is 3.40. The fourth-order valence-electron chi connectivity index (χ4n) is 1.12. The number of nitrogen functional groups attached to an aromatic ring is 1. The van der Waals surface area contributed by atoms with Crippen LogP contribution in [0.15, 0.2) is 17.3 Å². The summed E-state index contributed by atoms with van der Waals surface area (Å²) in [7, 11) is -3.89. The minimum atomic E-state index is -3.89. The fourth-order valence-corrected chi connectivity index (χ4v) is 1.75. The van der Waals surface area contributed by atoms with Crippen LogP contribution in [0.3, 0.4) is 0 Å². The van der Waals surface area contributed by atoms with Gasteiger partial charge >= 0.3 is 0 Å². The Bertz CT molecular complexity index is 482. The van der Waals surface area contributed by atoms with Gasteiger partial charge in [-0.3, -0.25) is 0 Å². The molecule has 0 radical (unpaired) electrons. The van der Waals surface area contributed by atoms with Gasteiger partial charge in [0.1, 0.15) is 0 Å². The van der Waals surface area contributed by atoms with Crippen LogP contribution >= 0.6 is 0 Å². The standard InChI is InChI=1S/C8H11N3O3S/c9-6-3-4-11-8(15(10,12)13)7(6)14-5-1-2-5/h3-5H,1-2H2,(H2,9,11)(H2,10,12,13). The van der Waals surface area contributed by atoms with E-state index < -0.39 is 10.0 Å². The van der Waals surface area contributed by atoms with Crippen LogP contribution in [0.1, 0.15) is 12.8 Å². The fraction of sp³-hybridized carbons (Fsp3) is 0.375. The van der Waals surface area contributed by atoms with Gasteiger partial charge in [-0.25, -0.2) is 18.5 Å². The van der Waals surface area contributed by atoms with Crippen LogP contribution in [-0.4, -0.2) is 19.5 Å². The largest absolute Gasteiger partial charge is 0.485 e. The van der Waals surface area contributed by atoms with Crippen molar-refractivity contribution in [2.24, 2.45) is 5.14 Å². The number of pyridine rings is 1. The summed E-state index contributed by atoms with van der Waals surface area (Å²) in [5.74, 6) is 0.0718. The summed E-state index contributed by atoms with van der Waals surface area (Å²) in [6.07, 6.45) is 3.13. The summed E-state index contributed by atoms with van der Waals surface area (Å²) in [6, 6.07) is 1.48. The quantitative estimate of drug-likeness (QED) is 0.749. The van der Waals surface area contributed by atoms with Crippen molar-refractivity contribution < 1.29 is 13.2 Å². The molecule has 82 valence electrons. The number of hydrogen-bond donors (Lipinski definition) is 2. The third kappa shape index (κ3) is 2.18. The average Bonchev–Trinajstić information content (AvgIpc) is 2.90. The lowest BCUT2D eigenvalue weighted by molar-refractivity contribution is 0.294. The van der Waals surface area contributed by atoms with E-state index in [2.05, 4.69) is 4.98 Å². The number of nitrogens with zero attached hydrogens (tertiary/aromatic N) is 1. The molecule has 1 aliphatic rings. The summed E-state index contributed by atoms with van der Waals surface area (Å²) >= 11 is 0. The molecule has 15 heavy (non-hydrogen) atoms. The van der Waals surface area contributed by atoms with Crippen LogP contribution in [0.4, 0.5) is 5.69 Å². The van der Waals surface area contributed by atoms with E-state index in [1.54, 1.807) is 0 Å². The van der Waals surface area contributed by atoms with Gasteiger partial charge < -0.3 is 10.5 Å².